The summed E-state index contributed by atoms with van der Waals surface area (Å²) in [5.41, 5.74) is 0.781. The van der Waals surface area contributed by atoms with Crippen molar-refractivity contribution in [3.05, 3.63) is 53.2 Å². The first kappa shape index (κ1) is 17.5. The summed E-state index contributed by atoms with van der Waals surface area (Å²) in [5, 5.41) is 7.47. The van der Waals surface area contributed by atoms with Gasteiger partial charge in [-0.25, -0.2) is 14.8 Å². The molecule has 26 heavy (non-hydrogen) atoms. The van der Waals surface area contributed by atoms with E-state index in [1.807, 2.05) is 6.07 Å². The van der Waals surface area contributed by atoms with E-state index in [-0.39, 0.29) is 17.9 Å². The number of nitrogens with zero attached hydrogens (tertiary/aromatic N) is 2. The second-order valence-electron chi connectivity index (χ2n) is 5.04. The minimum atomic E-state index is -0.844. The lowest BCUT2D eigenvalue weighted by atomic mass is 10.2. The van der Waals surface area contributed by atoms with Crippen molar-refractivity contribution in [2.45, 2.75) is 6.92 Å². The molecule has 9 heteroatoms. The van der Waals surface area contributed by atoms with Crippen molar-refractivity contribution >= 4 is 45.3 Å². The number of carbonyl (C=O) groups is 3. The number of thiophene rings is 1. The van der Waals surface area contributed by atoms with Gasteiger partial charge in [0.25, 0.3) is 11.8 Å². The van der Waals surface area contributed by atoms with E-state index in [4.69, 9.17) is 0 Å². The first-order valence-electron chi connectivity index (χ1n) is 7.67. The van der Waals surface area contributed by atoms with Crippen LogP contribution in [0.25, 0.3) is 11.0 Å². The smallest absolute Gasteiger partial charge is 0.414 e. The molecule has 0 spiro atoms. The highest BCUT2D eigenvalue weighted by atomic mass is 32.1. The summed E-state index contributed by atoms with van der Waals surface area (Å²) in [6.07, 6.45) is 0.747. The Bertz CT molecular complexity index is 986. The molecule has 0 aliphatic carbocycles. The van der Waals surface area contributed by atoms with Crippen LogP contribution in [0.5, 0.6) is 0 Å². The van der Waals surface area contributed by atoms with E-state index in [1.54, 1.807) is 36.7 Å². The maximum absolute atomic E-state index is 12.4. The number of ether oxygens (including phenoxy) is 1. The quantitative estimate of drug-likeness (QED) is 0.731. The van der Waals surface area contributed by atoms with Gasteiger partial charge in [-0.05, 0) is 42.6 Å². The van der Waals surface area contributed by atoms with Gasteiger partial charge in [-0.15, -0.1) is 11.3 Å². The van der Waals surface area contributed by atoms with Crippen molar-refractivity contribution in [2.75, 3.05) is 11.9 Å². The summed E-state index contributed by atoms with van der Waals surface area (Å²) in [6.45, 7) is 1.78. The molecule has 3 rings (SSSR count). The molecule has 8 nitrogen and oxygen atoms in total. The van der Waals surface area contributed by atoms with Crippen molar-refractivity contribution in [3.8, 4) is 0 Å². The van der Waals surface area contributed by atoms with E-state index in [2.05, 4.69) is 25.3 Å². The maximum Gasteiger partial charge on any atom is 0.414 e. The van der Waals surface area contributed by atoms with E-state index >= 15 is 0 Å². The fourth-order valence-electron chi connectivity index (χ4n) is 2.16. The van der Waals surface area contributed by atoms with Crippen molar-refractivity contribution < 1.29 is 19.1 Å². The van der Waals surface area contributed by atoms with Crippen molar-refractivity contribution in [1.82, 2.24) is 15.3 Å². The fraction of sp³-hybridized carbons (Fsp3) is 0.118. The second kappa shape index (κ2) is 7.70. The Morgan fingerprint density at radius 2 is 2.00 bits per heavy atom. The first-order valence-corrected chi connectivity index (χ1v) is 8.55. The summed E-state index contributed by atoms with van der Waals surface area (Å²) in [7, 11) is 0. The number of nitrogens with one attached hydrogen (secondary N) is 2. The van der Waals surface area contributed by atoms with Crippen LogP contribution in [0.15, 0.2) is 41.9 Å². The topological polar surface area (TPSA) is 110 Å². The van der Waals surface area contributed by atoms with Gasteiger partial charge in [0.15, 0.2) is 5.65 Å². The standard InChI is InChI=1S/C17H14N4O4S/c1-2-25-17(24)21-14(22)11-7-9-26-16(11)20-15(23)12-6-5-10-4-3-8-18-13(10)19-12/h3-9H,2H2,1H3,(H,20,23)(H,21,22,24). The average molecular weight is 370 g/mol. The molecule has 0 aliphatic rings. The third kappa shape index (κ3) is 3.83. The third-order valence-corrected chi connectivity index (χ3v) is 4.15. The molecule has 3 aromatic rings. The number of aromatic nitrogens is 2. The van der Waals surface area contributed by atoms with Crippen molar-refractivity contribution in [2.24, 2.45) is 0 Å². The monoisotopic (exact) mass is 370 g/mol. The Kier molecular flexibility index (Phi) is 5.18. The predicted molar refractivity (Wildman–Crippen MR) is 96.3 cm³/mol. The van der Waals surface area contributed by atoms with E-state index in [0.717, 1.165) is 16.7 Å². The fourth-order valence-corrected chi connectivity index (χ4v) is 2.94. The minimum Gasteiger partial charge on any atom is -0.450 e. The number of amides is 3. The van der Waals surface area contributed by atoms with Crippen LogP contribution >= 0.6 is 11.3 Å². The van der Waals surface area contributed by atoms with Crippen LogP contribution in [0.4, 0.5) is 9.80 Å². The molecule has 3 amide bonds. The molecule has 0 radical (unpaired) electrons. The molecule has 0 unspecified atom stereocenters. The molecule has 0 atom stereocenters. The highest BCUT2D eigenvalue weighted by Gasteiger charge is 2.19. The molecule has 0 aliphatic heterocycles. The molecule has 3 aromatic heterocycles. The Morgan fingerprint density at radius 1 is 1.15 bits per heavy atom. The van der Waals surface area contributed by atoms with E-state index in [0.29, 0.717) is 10.6 Å². The predicted octanol–water partition coefficient (Wildman–Crippen LogP) is 2.83. The van der Waals surface area contributed by atoms with Crippen LogP contribution in [0.1, 0.15) is 27.8 Å². The van der Waals surface area contributed by atoms with Crippen LogP contribution in [-0.2, 0) is 4.74 Å². The number of hydrogen-bond acceptors (Lipinski definition) is 7. The molecule has 0 bridgehead atoms. The summed E-state index contributed by atoms with van der Waals surface area (Å²) in [4.78, 5) is 44.3. The van der Waals surface area contributed by atoms with Crippen LogP contribution in [0.3, 0.4) is 0 Å². The molecular formula is C17H14N4O4S. The lowest BCUT2D eigenvalue weighted by Gasteiger charge is -2.07. The number of imide groups is 1. The molecule has 0 aromatic carbocycles. The van der Waals surface area contributed by atoms with Gasteiger partial charge in [-0.2, -0.15) is 0 Å². The van der Waals surface area contributed by atoms with Crippen LogP contribution in [0, 0.1) is 0 Å². The first-order chi connectivity index (χ1) is 12.6. The number of anilines is 1. The van der Waals surface area contributed by atoms with Gasteiger partial charge < -0.3 is 10.1 Å². The van der Waals surface area contributed by atoms with Gasteiger partial charge in [0.1, 0.15) is 10.7 Å². The van der Waals surface area contributed by atoms with E-state index in [1.165, 1.54) is 6.07 Å². The Balaban J connectivity index is 1.76. The number of carbonyl (C=O) groups excluding carboxylic acids is 3. The summed E-state index contributed by atoms with van der Waals surface area (Å²) in [6, 6.07) is 8.44. The molecular weight excluding hydrogens is 356 g/mol. The second-order valence-corrected chi connectivity index (χ2v) is 5.95. The number of pyridine rings is 2. The lowest BCUT2D eigenvalue weighted by Crippen LogP contribution is -2.31. The summed E-state index contributed by atoms with van der Waals surface area (Å²) < 4.78 is 4.67. The summed E-state index contributed by atoms with van der Waals surface area (Å²) >= 11 is 1.16. The molecule has 0 saturated carbocycles. The maximum atomic E-state index is 12.4. The van der Waals surface area contributed by atoms with Gasteiger partial charge in [0.2, 0.25) is 0 Å². The lowest BCUT2D eigenvalue weighted by molar-refractivity contribution is 0.0926. The highest BCUT2D eigenvalue weighted by molar-refractivity contribution is 7.14. The Labute approximate surface area is 152 Å². The Morgan fingerprint density at radius 3 is 2.81 bits per heavy atom. The van der Waals surface area contributed by atoms with Crippen LogP contribution in [-0.4, -0.2) is 34.5 Å². The number of rotatable bonds is 4. The normalized spacial score (nSPS) is 10.3. The van der Waals surface area contributed by atoms with Crippen molar-refractivity contribution in [1.29, 1.82) is 0 Å². The molecule has 3 heterocycles. The van der Waals surface area contributed by atoms with Gasteiger partial charge >= 0.3 is 6.09 Å². The average Bonchev–Trinajstić information content (AvgIpc) is 3.09. The largest absolute Gasteiger partial charge is 0.450 e. The zero-order valence-corrected chi connectivity index (χ0v) is 14.5. The minimum absolute atomic E-state index is 0.147. The van der Waals surface area contributed by atoms with Gasteiger partial charge in [-0.1, -0.05) is 0 Å². The molecule has 0 saturated heterocycles. The molecule has 132 valence electrons. The zero-order valence-electron chi connectivity index (χ0n) is 13.7. The number of hydrogen-bond donors (Lipinski definition) is 2. The SMILES string of the molecule is CCOC(=O)NC(=O)c1ccsc1NC(=O)c1ccc2cccnc2n1. The molecule has 2 N–H and O–H groups in total. The van der Waals surface area contributed by atoms with Crippen LogP contribution in [0.2, 0.25) is 0 Å². The van der Waals surface area contributed by atoms with Crippen molar-refractivity contribution in [3.63, 3.8) is 0 Å². The molecule has 0 fully saturated rings. The number of fused-ring (bicyclic) bond motifs is 1. The number of alkyl carbamates (subject to hydrolysis) is 1. The summed E-state index contributed by atoms with van der Waals surface area (Å²) in [5.74, 6) is -1.14. The van der Waals surface area contributed by atoms with Gasteiger partial charge in [-0.3, -0.25) is 14.9 Å². The Hall–Kier alpha value is -3.33. The van der Waals surface area contributed by atoms with Gasteiger partial charge in [0.05, 0.1) is 12.2 Å². The third-order valence-electron chi connectivity index (χ3n) is 3.32. The highest BCUT2D eigenvalue weighted by Crippen LogP contribution is 2.24. The van der Waals surface area contributed by atoms with Gasteiger partial charge in [0, 0.05) is 11.6 Å². The van der Waals surface area contributed by atoms with E-state index < -0.39 is 17.9 Å². The van der Waals surface area contributed by atoms with Crippen LogP contribution < -0.4 is 10.6 Å². The zero-order chi connectivity index (χ0) is 18.5. The van der Waals surface area contributed by atoms with E-state index in [9.17, 15) is 14.4 Å².